The average molecular weight is 405 g/mol. The molecule has 0 saturated heterocycles. The zero-order valence-electron chi connectivity index (χ0n) is 17.6. The Labute approximate surface area is 187 Å². The zero-order chi connectivity index (χ0) is 21.1. The Hall–Kier alpha value is -4.12. The van der Waals surface area contributed by atoms with E-state index in [0.717, 1.165) is 6.42 Å². The van der Waals surface area contributed by atoms with Crippen molar-refractivity contribution in [2.45, 2.75) is 6.42 Å². The first-order chi connectivity index (χ1) is 15.8. The molecule has 0 amide bonds. The van der Waals surface area contributed by atoms with E-state index in [1.165, 1.54) is 66.1 Å². The van der Waals surface area contributed by atoms with E-state index in [9.17, 15) is 0 Å². The number of allylic oxidation sites excluding steroid dienone is 1. The number of hydrogen-bond acceptors (Lipinski definition) is 0. The predicted molar refractivity (Wildman–Crippen MR) is 136 cm³/mol. The molecule has 0 saturated carbocycles. The van der Waals surface area contributed by atoms with Crippen LogP contribution in [0.25, 0.3) is 55.4 Å². The van der Waals surface area contributed by atoms with Crippen LogP contribution in [0.3, 0.4) is 0 Å². The summed E-state index contributed by atoms with van der Waals surface area (Å²) in [7, 11) is 0. The minimum atomic E-state index is 0.977. The van der Waals surface area contributed by atoms with Crippen LogP contribution in [0.1, 0.15) is 16.7 Å². The van der Waals surface area contributed by atoms with Crippen LogP contribution in [0.2, 0.25) is 0 Å². The summed E-state index contributed by atoms with van der Waals surface area (Å²) in [6.45, 7) is 0. The van der Waals surface area contributed by atoms with Crippen molar-refractivity contribution in [2.24, 2.45) is 0 Å². The van der Waals surface area contributed by atoms with E-state index in [1.54, 1.807) is 0 Å². The number of hydrogen-bond donors (Lipinski definition) is 0. The third-order valence-corrected chi connectivity index (χ3v) is 6.87. The fourth-order valence-corrected chi connectivity index (χ4v) is 5.36. The number of benzene rings is 6. The third kappa shape index (κ3) is 2.57. The number of rotatable bonds is 2. The molecule has 0 N–H and O–H groups in total. The van der Waals surface area contributed by atoms with E-state index in [1.807, 2.05) is 6.07 Å². The lowest BCUT2D eigenvalue weighted by Gasteiger charge is -2.19. The molecule has 0 spiro atoms. The molecule has 0 radical (unpaired) electrons. The highest BCUT2D eigenvalue weighted by atomic mass is 14.2. The van der Waals surface area contributed by atoms with Crippen molar-refractivity contribution in [1.82, 2.24) is 0 Å². The summed E-state index contributed by atoms with van der Waals surface area (Å²) in [6.07, 6.45) is 3.34. The summed E-state index contributed by atoms with van der Waals surface area (Å²) in [5.41, 5.74) is 10.4. The normalized spacial score (nSPS) is 12.9. The second-order valence-corrected chi connectivity index (χ2v) is 8.70. The maximum absolute atomic E-state index is 3.50. The van der Waals surface area contributed by atoms with Crippen molar-refractivity contribution < 1.29 is 0 Å². The summed E-state index contributed by atoms with van der Waals surface area (Å²) in [6, 6.07) is 41.0. The molecule has 148 valence electrons. The predicted octanol–water partition coefficient (Wildman–Crippen LogP) is 8.38. The van der Waals surface area contributed by atoms with E-state index >= 15 is 0 Å². The minimum absolute atomic E-state index is 0.977. The lowest BCUT2D eigenvalue weighted by Crippen LogP contribution is -1.99. The molecule has 4 aromatic rings. The molecule has 0 fully saturated rings. The maximum Gasteiger partial charge on any atom is 0.0327 e. The van der Waals surface area contributed by atoms with Crippen molar-refractivity contribution >= 4 is 33.2 Å². The Kier molecular flexibility index (Phi) is 3.67. The first kappa shape index (κ1) is 17.5. The van der Waals surface area contributed by atoms with Crippen LogP contribution < -0.4 is 0 Å². The van der Waals surface area contributed by atoms with Gasteiger partial charge in [-0.25, -0.2) is 0 Å². The Morgan fingerprint density at radius 3 is 2.31 bits per heavy atom. The van der Waals surface area contributed by atoms with Crippen LogP contribution >= 0.6 is 0 Å². The topological polar surface area (TPSA) is 0 Å². The summed E-state index contributed by atoms with van der Waals surface area (Å²) in [5.74, 6) is 0. The molecule has 0 aromatic heterocycles. The van der Waals surface area contributed by atoms with Crippen LogP contribution in [-0.2, 0) is 6.42 Å². The Balaban J connectivity index is 1.31. The molecule has 0 heteroatoms. The standard InChI is InChI=1S/C32H20/c1-7-24-9-4-12-30-29(18-17-25(8-1)32(24)30)22-15-13-21(14-16-22)28-19-26-10-2-5-23-6-3-11-27(20-28)31(23)26/h1-11,13-19H,20H2. The lowest BCUT2D eigenvalue weighted by atomic mass is 9.85. The van der Waals surface area contributed by atoms with E-state index in [0.29, 0.717) is 0 Å². The Morgan fingerprint density at radius 2 is 1.44 bits per heavy atom. The molecule has 0 heterocycles. The first-order valence-corrected chi connectivity index (χ1v) is 11.2. The van der Waals surface area contributed by atoms with Crippen LogP contribution in [-0.4, -0.2) is 0 Å². The lowest BCUT2D eigenvalue weighted by molar-refractivity contribution is 1.30. The fourth-order valence-electron chi connectivity index (χ4n) is 5.36. The molecular formula is C32H20. The molecule has 32 heavy (non-hydrogen) atoms. The van der Waals surface area contributed by atoms with Gasteiger partial charge in [-0.15, -0.1) is 6.07 Å². The van der Waals surface area contributed by atoms with Gasteiger partial charge < -0.3 is 0 Å². The molecule has 0 unspecified atom stereocenters. The van der Waals surface area contributed by atoms with E-state index < -0.39 is 0 Å². The summed E-state index contributed by atoms with van der Waals surface area (Å²) >= 11 is 0. The van der Waals surface area contributed by atoms with Gasteiger partial charge in [0.2, 0.25) is 0 Å². The zero-order valence-corrected chi connectivity index (χ0v) is 17.6. The third-order valence-electron chi connectivity index (χ3n) is 6.87. The quantitative estimate of drug-likeness (QED) is 0.254. The molecule has 3 aliphatic rings. The van der Waals surface area contributed by atoms with Gasteiger partial charge in [-0.2, -0.15) is 0 Å². The van der Waals surface area contributed by atoms with E-state index in [2.05, 4.69) is 109 Å². The molecule has 3 aliphatic carbocycles. The highest BCUT2D eigenvalue weighted by Crippen LogP contribution is 2.40. The summed E-state index contributed by atoms with van der Waals surface area (Å²) in [5, 5.41) is 5.28. The van der Waals surface area contributed by atoms with Crippen molar-refractivity contribution in [1.29, 1.82) is 0 Å². The van der Waals surface area contributed by atoms with Crippen molar-refractivity contribution in [3.05, 3.63) is 126 Å². The van der Waals surface area contributed by atoms with Gasteiger partial charge in [0, 0.05) is 11.1 Å². The van der Waals surface area contributed by atoms with Gasteiger partial charge in [-0.1, -0.05) is 97.1 Å². The summed E-state index contributed by atoms with van der Waals surface area (Å²) < 4.78 is 0. The smallest absolute Gasteiger partial charge is 0.0327 e. The largest absolute Gasteiger partial charge is 0.112 e. The van der Waals surface area contributed by atoms with Gasteiger partial charge in [0.25, 0.3) is 0 Å². The second-order valence-electron chi connectivity index (χ2n) is 8.70. The molecule has 0 aliphatic heterocycles. The van der Waals surface area contributed by atoms with Gasteiger partial charge in [0.05, 0.1) is 0 Å². The van der Waals surface area contributed by atoms with Gasteiger partial charge in [-0.05, 0) is 73.5 Å². The molecule has 0 atom stereocenters. The SMILES string of the molecule is [c+]1ccc2cccc3cc[c-](-c4ccc(C5=Cc6cccc7cccc(c67)C5)cc4)c1-c23. The van der Waals surface area contributed by atoms with Gasteiger partial charge in [-0.3, -0.25) is 0 Å². The van der Waals surface area contributed by atoms with Crippen molar-refractivity contribution in [3.63, 3.8) is 0 Å². The Bertz CT molecular complexity index is 1620. The first-order valence-electron chi connectivity index (χ1n) is 11.2. The van der Waals surface area contributed by atoms with Crippen LogP contribution in [0.4, 0.5) is 0 Å². The molecule has 7 rings (SSSR count). The van der Waals surface area contributed by atoms with Crippen LogP contribution in [0.15, 0.2) is 103 Å². The van der Waals surface area contributed by atoms with Crippen molar-refractivity contribution in [2.75, 3.05) is 0 Å². The molecule has 0 bridgehead atoms. The van der Waals surface area contributed by atoms with E-state index in [-0.39, 0.29) is 0 Å². The van der Waals surface area contributed by atoms with E-state index in [4.69, 9.17) is 0 Å². The highest BCUT2D eigenvalue weighted by Gasteiger charge is 2.17. The molecular weight excluding hydrogens is 384 g/mol. The average Bonchev–Trinajstić information content (AvgIpc) is 2.85. The fraction of sp³-hybridized carbons (Fsp3) is 0.0312. The van der Waals surface area contributed by atoms with Crippen molar-refractivity contribution in [3.8, 4) is 22.3 Å². The van der Waals surface area contributed by atoms with Crippen LogP contribution in [0, 0.1) is 6.07 Å². The maximum atomic E-state index is 3.50. The monoisotopic (exact) mass is 404 g/mol. The van der Waals surface area contributed by atoms with Gasteiger partial charge in [0.1, 0.15) is 0 Å². The summed E-state index contributed by atoms with van der Waals surface area (Å²) in [4.78, 5) is 0. The minimum Gasteiger partial charge on any atom is -0.112 e. The Morgan fingerprint density at radius 1 is 0.688 bits per heavy atom. The van der Waals surface area contributed by atoms with Crippen LogP contribution in [0.5, 0.6) is 0 Å². The second kappa shape index (κ2) is 6.69. The van der Waals surface area contributed by atoms with Gasteiger partial charge >= 0.3 is 0 Å². The highest BCUT2D eigenvalue weighted by molar-refractivity contribution is 6.04. The van der Waals surface area contributed by atoms with Gasteiger partial charge in [0.15, 0.2) is 0 Å². The molecule has 0 nitrogen and oxygen atoms in total. The molecule has 4 aromatic carbocycles.